The average Bonchev–Trinajstić information content (AvgIpc) is 2.90. The van der Waals surface area contributed by atoms with Gasteiger partial charge in [0.1, 0.15) is 12.6 Å². The molecule has 0 spiro atoms. The number of nitrogens with one attached hydrogen (secondary N) is 1. The molecule has 3 aromatic carbocycles. The molecule has 1 N–H and O–H groups in total. The first-order valence-corrected chi connectivity index (χ1v) is 15.1. The van der Waals surface area contributed by atoms with Crippen LogP contribution in [-0.2, 0) is 32.6 Å². The van der Waals surface area contributed by atoms with E-state index in [1.807, 2.05) is 44.2 Å². The van der Waals surface area contributed by atoms with Gasteiger partial charge in [-0.2, -0.15) is 0 Å². The number of anilines is 1. The molecule has 0 aromatic heterocycles. The van der Waals surface area contributed by atoms with Crippen LogP contribution in [0, 0.1) is 5.92 Å². The van der Waals surface area contributed by atoms with Crippen LogP contribution in [-0.4, -0.2) is 50.5 Å². The monoisotopic (exact) mass is 589 g/mol. The molecule has 0 fully saturated rings. The summed E-state index contributed by atoms with van der Waals surface area (Å²) in [6.45, 7) is 3.93. The molecule has 2 amide bonds. The zero-order valence-corrected chi connectivity index (χ0v) is 24.5. The molecule has 3 aromatic rings. The van der Waals surface area contributed by atoms with E-state index in [4.69, 9.17) is 23.2 Å². The fourth-order valence-electron chi connectivity index (χ4n) is 4.02. The first-order valence-electron chi connectivity index (χ1n) is 12.5. The Labute approximate surface area is 240 Å². The van der Waals surface area contributed by atoms with Gasteiger partial charge in [0.15, 0.2) is 0 Å². The molecule has 7 nitrogen and oxygen atoms in total. The fourth-order valence-corrected chi connectivity index (χ4v) is 5.19. The number of sulfonamides is 1. The molecular formula is C29H33Cl2N3O4S. The normalized spacial score (nSPS) is 12.2. The molecule has 0 aliphatic heterocycles. The maximum atomic E-state index is 14.0. The van der Waals surface area contributed by atoms with Crippen molar-refractivity contribution in [2.24, 2.45) is 5.92 Å². The zero-order chi connectivity index (χ0) is 28.6. The van der Waals surface area contributed by atoms with E-state index in [0.717, 1.165) is 16.1 Å². The lowest BCUT2D eigenvalue weighted by molar-refractivity contribution is -0.140. The Bertz CT molecular complexity index is 1370. The molecule has 3 rings (SSSR count). The van der Waals surface area contributed by atoms with Crippen molar-refractivity contribution >= 4 is 50.7 Å². The van der Waals surface area contributed by atoms with Crippen molar-refractivity contribution in [2.75, 3.05) is 23.7 Å². The second-order valence-corrected chi connectivity index (χ2v) is 12.4. The Kier molecular flexibility index (Phi) is 10.8. The lowest BCUT2D eigenvalue weighted by Crippen LogP contribution is -2.53. The summed E-state index contributed by atoms with van der Waals surface area (Å²) in [7, 11) is -3.81. The van der Waals surface area contributed by atoms with E-state index in [2.05, 4.69) is 5.32 Å². The number of benzene rings is 3. The highest BCUT2D eigenvalue weighted by molar-refractivity contribution is 7.92. The number of hydrogen-bond donors (Lipinski definition) is 1. The average molecular weight is 591 g/mol. The highest BCUT2D eigenvalue weighted by Crippen LogP contribution is 2.25. The number of para-hydroxylation sites is 1. The zero-order valence-electron chi connectivity index (χ0n) is 22.2. The van der Waals surface area contributed by atoms with Crippen LogP contribution in [0.25, 0.3) is 0 Å². The van der Waals surface area contributed by atoms with Gasteiger partial charge in [0, 0.05) is 19.5 Å². The van der Waals surface area contributed by atoms with Crippen molar-refractivity contribution in [3.05, 3.63) is 100 Å². The molecular weight excluding hydrogens is 557 g/mol. The second-order valence-electron chi connectivity index (χ2n) is 9.72. The van der Waals surface area contributed by atoms with Crippen LogP contribution < -0.4 is 9.62 Å². The van der Waals surface area contributed by atoms with Crippen LogP contribution in [0.15, 0.2) is 78.9 Å². The SMILES string of the molecule is CC(C)CNC(=O)[C@@H](Cc1ccccc1)N(Cc1ccc(Cl)c(Cl)c1)C(=O)CN(c1ccccc1)S(C)(=O)=O. The Morgan fingerprint density at radius 1 is 0.872 bits per heavy atom. The van der Waals surface area contributed by atoms with Gasteiger partial charge in [-0.05, 0) is 41.3 Å². The van der Waals surface area contributed by atoms with Gasteiger partial charge in [-0.1, -0.05) is 91.6 Å². The summed E-state index contributed by atoms with van der Waals surface area (Å²) in [5.74, 6) is -0.660. The van der Waals surface area contributed by atoms with Gasteiger partial charge in [0.2, 0.25) is 21.8 Å². The third-order valence-electron chi connectivity index (χ3n) is 6.02. The van der Waals surface area contributed by atoms with Crippen molar-refractivity contribution in [2.45, 2.75) is 32.9 Å². The fraction of sp³-hybridized carbons (Fsp3) is 0.310. The summed E-state index contributed by atoms with van der Waals surface area (Å²) in [6, 6.07) is 21.9. The van der Waals surface area contributed by atoms with Crippen molar-refractivity contribution < 1.29 is 18.0 Å². The Hall–Kier alpha value is -3.07. The van der Waals surface area contributed by atoms with Gasteiger partial charge in [-0.15, -0.1) is 0 Å². The molecule has 0 aliphatic carbocycles. The molecule has 39 heavy (non-hydrogen) atoms. The standard InChI is InChI=1S/C29H33Cl2N3O4S/c1-21(2)18-32-29(36)27(17-22-10-6-4-7-11-22)33(19-23-14-15-25(30)26(31)16-23)28(35)20-34(39(3,37)38)24-12-8-5-9-13-24/h4-16,21,27H,17-20H2,1-3H3,(H,32,36)/t27-/m1/s1. The van der Waals surface area contributed by atoms with E-state index in [0.29, 0.717) is 27.8 Å². The second kappa shape index (κ2) is 13.8. The van der Waals surface area contributed by atoms with Gasteiger partial charge in [-0.25, -0.2) is 8.42 Å². The van der Waals surface area contributed by atoms with E-state index in [9.17, 15) is 18.0 Å². The lowest BCUT2D eigenvalue weighted by Gasteiger charge is -2.33. The maximum Gasteiger partial charge on any atom is 0.244 e. The molecule has 0 aliphatic rings. The number of carbonyl (C=O) groups is 2. The van der Waals surface area contributed by atoms with Crippen LogP contribution in [0.2, 0.25) is 10.0 Å². The van der Waals surface area contributed by atoms with Crippen molar-refractivity contribution in [3.63, 3.8) is 0 Å². The number of rotatable bonds is 12. The van der Waals surface area contributed by atoms with E-state index in [1.54, 1.807) is 48.5 Å². The predicted molar refractivity (Wildman–Crippen MR) is 157 cm³/mol. The van der Waals surface area contributed by atoms with Crippen LogP contribution in [0.4, 0.5) is 5.69 Å². The molecule has 0 heterocycles. The Morgan fingerprint density at radius 3 is 2.05 bits per heavy atom. The minimum Gasteiger partial charge on any atom is -0.354 e. The maximum absolute atomic E-state index is 14.0. The lowest BCUT2D eigenvalue weighted by atomic mass is 10.0. The third-order valence-corrected chi connectivity index (χ3v) is 7.90. The van der Waals surface area contributed by atoms with E-state index in [-0.39, 0.29) is 24.8 Å². The number of nitrogens with zero attached hydrogens (tertiary/aromatic N) is 2. The topological polar surface area (TPSA) is 86.8 Å². The highest BCUT2D eigenvalue weighted by Gasteiger charge is 2.33. The summed E-state index contributed by atoms with van der Waals surface area (Å²) in [5.41, 5.74) is 1.86. The number of halogens is 2. The van der Waals surface area contributed by atoms with Crippen LogP contribution >= 0.6 is 23.2 Å². The molecule has 0 saturated carbocycles. The third kappa shape index (κ3) is 8.98. The predicted octanol–water partition coefficient (Wildman–Crippen LogP) is 5.17. The molecule has 10 heteroatoms. The van der Waals surface area contributed by atoms with Crippen molar-refractivity contribution in [1.82, 2.24) is 10.2 Å². The molecule has 0 bridgehead atoms. The molecule has 0 saturated heterocycles. The largest absolute Gasteiger partial charge is 0.354 e. The first-order chi connectivity index (χ1) is 18.5. The van der Waals surface area contributed by atoms with E-state index in [1.165, 1.54) is 4.90 Å². The smallest absolute Gasteiger partial charge is 0.244 e. The summed E-state index contributed by atoms with van der Waals surface area (Å²) in [5, 5.41) is 3.62. The van der Waals surface area contributed by atoms with Crippen LogP contribution in [0.5, 0.6) is 0 Å². The minimum atomic E-state index is -3.81. The van der Waals surface area contributed by atoms with Crippen molar-refractivity contribution in [1.29, 1.82) is 0 Å². The van der Waals surface area contributed by atoms with Gasteiger partial charge >= 0.3 is 0 Å². The van der Waals surface area contributed by atoms with Gasteiger partial charge in [0.05, 0.1) is 22.0 Å². The number of amides is 2. The highest BCUT2D eigenvalue weighted by atomic mass is 35.5. The first kappa shape index (κ1) is 30.5. The van der Waals surface area contributed by atoms with Gasteiger partial charge < -0.3 is 10.2 Å². The van der Waals surface area contributed by atoms with Crippen molar-refractivity contribution in [3.8, 4) is 0 Å². The van der Waals surface area contributed by atoms with Crippen LogP contribution in [0.3, 0.4) is 0 Å². The molecule has 208 valence electrons. The van der Waals surface area contributed by atoms with E-state index < -0.39 is 28.5 Å². The number of hydrogen-bond acceptors (Lipinski definition) is 4. The Balaban J connectivity index is 2.05. The summed E-state index contributed by atoms with van der Waals surface area (Å²) in [4.78, 5) is 29.0. The molecule has 1 atom stereocenters. The molecule has 0 radical (unpaired) electrons. The van der Waals surface area contributed by atoms with Gasteiger partial charge in [0.25, 0.3) is 0 Å². The quantitative estimate of drug-likeness (QED) is 0.315. The van der Waals surface area contributed by atoms with E-state index >= 15 is 0 Å². The summed E-state index contributed by atoms with van der Waals surface area (Å²) < 4.78 is 26.5. The molecule has 0 unspecified atom stereocenters. The minimum absolute atomic E-state index is 0.0225. The Morgan fingerprint density at radius 2 is 1.49 bits per heavy atom. The van der Waals surface area contributed by atoms with Crippen LogP contribution in [0.1, 0.15) is 25.0 Å². The summed E-state index contributed by atoms with van der Waals surface area (Å²) >= 11 is 12.4. The number of carbonyl (C=O) groups excluding carboxylic acids is 2. The van der Waals surface area contributed by atoms with Gasteiger partial charge in [-0.3, -0.25) is 13.9 Å². The summed E-state index contributed by atoms with van der Waals surface area (Å²) in [6.07, 6.45) is 1.29.